The number of carbonyl (C=O) groups is 1. The van der Waals surface area contributed by atoms with Crippen molar-refractivity contribution < 1.29 is 7.65 Å². The van der Waals surface area contributed by atoms with Crippen molar-refractivity contribution in [3.05, 3.63) is 0 Å². The van der Waals surface area contributed by atoms with E-state index in [1.54, 1.807) is 0 Å². The molecule has 2 N–H and O–H groups in total. The Labute approximate surface area is 184 Å². The molecule has 4 nitrogen and oxygen atoms in total. The molecule has 2 atom stereocenters. The van der Waals surface area contributed by atoms with Gasteiger partial charge in [0.1, 0.15) is 0 Å². The van der Waals surface area contributed by atoms with Gasteiger partial charge in [-0.1, -0.05) is 12.8 Å². The van der Waals surface area contributed by atoms with Crippen molar-refractivity contribution >= 4 is 23.2 Å². The molecule has 5 aliphatic carbocycles. The second-order valence-corrected chi connectivity index (χ2v) is 11.4. The normalized spacial score (nSPS) is 40.4. The third-order valence-electron chi connectivity index (χ3n) is 8.83. The lowest BCUT2D eigenvalue weighted by Gasteiger charge is -2.57. The van der Waals surface area contributed by atoms with Crippen LogP contribution in [0.1, 0.15) is 92.7 Å². The molecule has 5 saturated carbocycles. The van der Waals surface area contributed by atoms with Crippen LogP contribution in [0.4, 0.5) is 0 Å². The SMILES string of the molecule is O=C(CCCNC(=S)NC12CC3CC(CC(C3)C1)C2)N1CCCC2CCCCC21.[HH].[HH]. The highest BCUT2D eigenvalue weighted by Crippen LogP contribution is 2.55. The van der Waals surface area contributed by atoms with Gasteiger partial charge < -0.3 is 15.5 Å². The Morgan fingerprint density at radius 2 is 1.66 bits per heavy atom. The van der Waals surface area contributed by atoms with Crippen LogP contribution in [0.25, 0.3) is 0 Å². The lowest BCUT2D eigenvalue weighted by molar-refractivity contribution is -0.137. The van der Waals surface area contributed by atoms with Crippen LogP contribution < -0.4 is 10.6 Å². The van der Waals surface area contributed by atoms with Gasteiger partial charge in [0.2, 0.25) is 5.91 Å². The van der Waals surface area contributed by atoms with Gasteiger partial charge in [-0.2, -0.15) is 0 Å². The highest BCUT2D eigenvalue weighted by Gasteiger charge is 2.51. The first-order chi connectivity index (χ1) is 14.1. The number of hydrogen-bond donors (Lipinski definition) is 2. The zero-order valence-electron chi connectivity index (χ0n) is 18.0. The molecule has 1 saturated heterocycles. The molecule has 4 bridgehead atoms. The molecule has 0 aromatic heterocycles. The van der Waals surface area contributed by atoms with Crippen molar-refractivity contribution in [2.24, 2.45) is 23.7 Å². The number of carbonyl (C=O) groups excluding carboxylic acids is 1. The lowest BCUT2D eigenvalue weighted by atomic mass is 9.53. The summed E-state index contributed by atoms with van der Waals surface area (Å²) in [6.07, 6.45) is 17.6. The van der Waals surface area contributed by atoms with Gasteiger partial charge >= 0.3 is 0 Å². The van der Waals surface area contributed by atoms with Crippen LogP contribution in [-0.2, 0) is 4.79 Å². The molecule has 0 aromatic carbocycles. The summed E-state index contributed by atoms with van der Waals surface area (Å²) < 4.78 is 0. The van der Waals surface area contributed by atoms with Crippen LogP contribution in [0.5, 0.6) is 0 Å². The number of hydrogen-bond acceptors (Lipinski definition) is 2. The van der Waals surface area contributed by atoms with Crippen LogP contribution in [0, 0.1) is 23.7 Å². The van der Waals surface area contributed by atoms with Gasteiger partial charge in [0.25, 0.3) is 0 Å². The van der Waals surface area contributed by atoms with Crippen LogP contribution >= 0.6 is 12.2 Å². The number of likely N-dealkylation sites (tertiary alicyclic amines) is 1. The molecule has 1 aliphatic heterocycles. The summed E-state index contributed by atoms with van der Waals surface area (Å²) in [5.74, 6) is 3.95. The van der Waals surface area contributed by atoms with Crippen molar-refractivity contribution in [1.29, 1.82) is 0 Å². The minimum absolute atomic E-state index is 0. The summed E-state index contributed by atoms with van der Waals surface area (Å²) in [7, 11) is 0. The number of rotatable bonds is 5. The van der Waals surface area contributed by atoms with Gasteiger partial charge in [-0.3, -0.25) is 4.79 Å². The first-order valence-corrected chi connectivity index (χ1v) is 12.9. The molecule has 2 unspecified atom stereocenters. The van der Waals surface area contributed by atoms with Crippen LogP contribution in [0.3, 0.4) is 0 Å². The molecule has 1 heterocycles. The zero-order chi connectivity index (χ0) is 19.8. The maximum absolute atomic E-state index is 12.8. The number of piperidine rings is 1. The van der Waals surface area contributed by atoms with Gasteiger partial charge in [0.15, 0.2) is 5.11 Å². The largest absolute Gasteiger partial charge is 0.363 e. The topological polar surface area (TPSA) is 44.4 Å². The molecule has 0 radical (unpaired) electrons. The van der Waals surface area contributed by atoms with Crippen LogP contribution in [-0.4, -0.2) is 40.6 Å². The Kier molecular flexibility index (Phi) is 5.79. The fourth-order valence-corrected chi connectivity index (χ4v) is 8.39. The van der Waals surface area contributed by atoms with E-state index in [1.165, 1.54) is 77.0 Å². The van der Waals surface area contributed by atoms with Crippen molar-refractivity contribution in [3.8, 4) is 0 Å². The predicted octanol–water partition coefficient (Wildman–Crippen LogP) is 4.87. The molecule has 1 amide bonds. The second kappa shape index (κ2) is 8.36. The van der Waals surface area contributed by atoms with Gasteiger partial charge in [0, 0.05) is 33.9 Å². The average molecular weight is 422 g/mol. The molecule has 166 valence electrons. The third kappa shape index (κ3) is 4.31. The standard InChI is InChI=1S/C24H39N3OS.2H2/c28-22(27-10-4-6-20-5-1-2-7-21(20)27)8-3-9-25-23(29)26-24-14-17-11-18(15-24)13-19(12-17)16-24;;/h17-21H,1-16H2,(H2,25,26,29);2*1H. The number of thiocarbonyl (C=S) groups is 1. The van der Waals surface area contributed by atoms with Gasteiger partial charge in [-0.25, -0.2) is 0 Å². The highest BCUT2D eigenvalue weighted by molar-refractivity contribution is 7.80. The van der Waals surface area contributed by atoms with Crippen molar-refractivity contribution in [2.45, 2.75) is 101 Å². The Bertz CT molecular complexity index is 609. The lowest BCUT2D eigenvalue weighted by Crippen LogP contribution is -2.61. The first kappa shape index (κ1) is 20.1. The van der Waals surface area contributed by atoms with Gasteiger partial charge in [-0.05, 0) is 107 Å². The Hall–Kier alpha value is -0.840. The Morgan fingerprint density at radius 1 is 1.00 bits per heavy atom. The van der Waals surface area contributed by atoms with E-state index in [0.29, 0.717) is 18.4 Å². The second-order valence-electron chi connectivity index (χ2n) is 11.0. The van der Waals surface area contributed by atoms with Gasteiger partial charge in [-0.15, -0.1) is 0 Å². The molecule has 0 aromatic rings. The molecular weight excluding hydrogens is 378 g/mol. The summed E-state index contributed by atoms with van der Waals surface area (Å²) in [5.41, 5.74) is 0.276. The summed E-state index contributed by atoms with van der Waals surface area (Å²) in [5, 5.41) is 7.98. The maximum Gasteiger partial charge on any atom is 0.222 e. The first-order valence-electron chi connectivity index (χ1n) is 12.5. The van der Waals surface area contributed by atoms with Crippen LogP contribution in [0.15, 0.2) is 0 Å². The van der Waals surface area contributed by atoms with E-state index in [9.17, 15) is 4.79 Å². The van der Waals surface area contributed by atoms with E-state index in [0.717, 1.165) is 48.3 Å². The van der Waals surface area contributed by atoms with Crippen LogP contribution in [0.2, 0.25) is 0 Å². The number of nitrogens with one attached hydrogen (secondary N) is 2. The minimum atomic E-state index is 0. The summed E-state index contributed by atoms with van der Waals surface area (Å²) in [6, 6.07) is 0.539. The quantitative estimate of drug-likeness (QED) is 0.491. The summed E-state index contributed by atoms with van der Waals surface area (Å²) >= 11 is 5.65. The molecular formula is C24H43N3OS. The monoisotopic (exact) mass is 421 g/mol. The maximum atomic E-state index is 12.8. The van der Waals surface area contributed by atoms with E-state index in [2.05, 4.69) is 15.5 Å². The van der Waals surface area contributed by atoms with E-state index in [1.807, 2.05) is 0 Å². The van der Waals surface area contributed by atoms with E-state index < -0.39 is 0 Å². The molecule has 29 heavy (non-hydrogen) atoms. The summed E-state index contributed by atoms with van der Waals surface area (Å²) in [4.78, 5) is 15.1. The Balaban J connectivity index is 0.00000136. The Morgan fingerprint density at radius 3 is 2.38 bits per heavy atom. The fourth-order valence-electron chi connectivity index (χ4n) is 8.07. The number of nitrogens with zero attached hydrogens (tertiary/aromatic N) is 1. The van der Waals surface area contributed by atoms with Crippen molar-refractivity contribution in [1.82, 2.24) is 15.5 Å². The summed E-state index contributed by atoms with van der Waals surface area (Å²) in [6.45, 7) is 1.80. The molecule has 6 fully saturated rings. The number of amides is 1. The minimum Gasteiger partial charge on any atom is -0.363 e. The third-order valence-corrected chi connectivity index (χ3v) is 9.08. The average Bonchev–Trinajstić information content (AvgIpc) is 2.69. The van der Waals surface area contributed by atoms with Gasteiger partial charge in [0.05, 0.1) is 0 Å². The molecule has 6 aliphatic rings. The predicted molar refractivity (Wildman–Crippen MR) is 125 cm³/mol. The smallest absolute Gasteiger partial charge is 0.222 e. The van der Waals surface area contributed by atoms with E-state index >= 15 is 0 Å². The fraction of sp³-hybridized carbons (Fsp3) is 0.917. The van der Waals surface area contributed by atoms with E-state index in [4.69, 9.17) is 12.2 Å². The zero-order valence-corrected chi connectivity index (χ0v) is 18.8. The molecule has 5 heteroatoms. The van der Waals surface area contributed by atoms with E-state index in [-0.39, 0.29) is 8.39 Å². The van der Waals surface area contributed by atoms with Crippen molar-refractivity contribution in [3.63, 3.8) is 0 Å². The van der Waals surface area contributed by atoms with Crippen molar-refractivity contribution in [2.75, 3.05) is 13.1 Å². The number of fused-ring (bicyclic) bond motifs is 1. The molecule has 6 rings (SSSR count). The molecule has 0 spiro atoms. The highest BCUT2D eigenvalue weighted by atomic mass is 32.1.